The van der Waals surface area contributed by atoms with Gasteiger partial charge in [-0.15, -0.1) is 0 Å². The first-order valence-electron chi connectivity index (χ1n) is 6.62. The van der Waals surface area contributed by atoms with Gasteiger partial charge in [-0.1, -0.05) is 0 Å². The minimum Gasteiger partial charge on any atom is -0.496 e. The van der Waals surface area contributed by atoms with Crippen LogP contribution in [0.5, 0.6) is 5.75 Å². The Morgan fingerprint density at radius 2 is 2.10 bits per heavy atom. The Balaban J connectivity index is 2.11. The van der Waals surface area contributed by atoms with Gasteiger partial charge >= 0.3 is 0 Å². The van der Waals surface area contributed by atoms with Crippen LogP contribution in [-0.4, -0.2) is 41.5 Å². The topological polar surface area (TPSA) is 29.8 Å². The molecule has 1 aliphatic heterocycles. The lowest BCUT2D eigenvalue weighted by Crippen LogP contribution is -2.38. The van der Waals surface area contributed by atoms with Gasteiger partial charge in [0.1, 0.15) is 21.7 Å². The summed E-state index contributed by atoms with van der Waals surface area (Å²) in [6, 6.07) is 1.79. The van der Waals surface area contributed by atoms with Crippen LogP contribution in [0.1, 0.15) is 18.4 Å². The highest BCUT2D eigenvalue weighted by atomic mass is 79.9. The molecule has 3 heterocycles. The van der Waals surface area contributed by atoms with Gasteiger partial charge in [0.05, 0.1) is 13.3 Å². The van der Waals surface area contributed by atoms with E-state index in [1.165, 1.54) is 0 Å². The molecular weight excluding hydrogens is 325 g/mol. The fraction of sp³-hybridized carbons (Fsp3) is 0.500. The van der Waals surface area contributed by atoms with Gasteiger partial charge in [0.2, 0.25) is 0 Å². The first kappa shape index (κ1) is 13.8. The number of ether oxygens (including phenoxy) is 1. The molecule has 1 fully saturated rings. The van der Waals surface area contributed by atoms with E-state index >= 15 is 4.39 Å². The van der Waals surface area contributed by atoms with Gasteiger partial charge in [-0.25, -0.2) is 9.37 Å². The number of hydrogen-bond donors (Lipinski definition) is 0. The molecule has 4 nitrogen and oxygen atoms in total. The van der Waals surface area contributed by atoms with E-state index in [9.17, 15) is 0 Å². The van der Waals surface area contributed by atoms with Crippen LogP contribution in [-0.2, 0) is 5.67 Å². The summed E-state index contributed by atoms with van der Waals surface area (Å²) < 4.78 is 23.4. The summed E-state index contributed by atoms with van der Waals surface area (Å²) in [5.41, 5.74) is 0.0174. The maximum atomic E-state index is 15.3. The molecule has 108 valence electrons. The van der Waals surface area contributed by atoms with E-state index in [1.807, 2.05) is 11.4 Å². The lowest BCUT2D eigenvalue weighted by atomic mass is 9.86. The van der Waals surface area contributed by atoms with E-state index in [2.05, 4.69) is 25.8 Å². The van der Waals surface area contributed by atoms with Crippen molar-refractivity contribution in [2.75, 3.05) is 27.2 Å². The van der Waals surface area contributed by atoms with Crippen LogP contribution in [0.15, 0.2) is 23.1 Å². The number of nitrogens with zero attached hydrogens (tertiary/aromatic N) is 3. The summed E-state index contributed by atoms with van der Waals surface area (Å²) in [6.45, 7) is 1.51. The number of hydrogen-bond acceptors (Lipinski definition) is 3. The third-order valence-corrected chi connectivity index (χ3v) is 4.63. The van der Waals surface area contributed by atoms with Gasteiger partial charge in [0.25, 0.3) is 0 Å². The zero-order valence-electron chi connectivity index (χ0n) is 11.6. The molecule has 0 aliphatic carbocycles. The summed E-state index contributed by atoms with van der Waals surface area (Å²) >= 11 is 3.43. The largest absolute Gasteiger partial charge is 0.496 e. The highest BCUT2D eigenvalue weighted by Crippen LogP contribution is 2.41. The van der Waals surface area contributed by atoms with Crippen LogP contribution >= 0.6 is 15.9 Å². The van der Waals surface area contributed by atoms with E-state index in [1.54, 1.807) is 25.6 Å². The molecule has 1 aliphatic rings. The van der Waals surface area contributed by atoms with Crippen LogP contribution in [0.3, 0.4) is 0 Å². The van der Waals surface area contributed by atoms with E-state index in [4.69, 9.17) is 4.74 Å². The number of halogens is 2. The minimum atomic E-state index is -1.34. The molecule has 0 atom stereocenters. The molecule has 0 N–H and O–H groups in total. The van der Waals surface area contributed by atoms with Gasteiger partial charge in [-0.3, -0.25) is 4.40 Å². The van der Waals surface area contributed by atoms with Gasteiger partial charge in [0.15, 0.2) is 0 Å². The van der Waals surface area contributed by atoms with Crippen LogP contribution in [0.2, 0.25) is 0 Å². The van der Waals surface area contributed by atoms with Crippen molar-refractivity contribution in [3.05, 3.63) is 28.6 Å². The first-order chi connectivity index (χ1) is 9.53. The zero-order valence-corrected chi connectivity index (χ0v) is 13.2. The maximum Gasteiger partial charge on any atom is 0.143 e. The Hall–Kier alpha value is -1.14. The highest BCUT2D eigenvalue weighted by Gasteiger charge is 2.38. The fourth-order valence-corrected chi connectivity index (χ4v) is 3.11. The normalized spacial score (nSPS) is 19.4. The van der Waals surface area contributed by atoms with Gasteiger partial charge in [-0.05, 0) is 35.8 Å². The lowest BCUT2D eigenvalue weighted by molar-refractivity contribution is 0.0645. The zero-order chi connectivity index (χ0) is 14.3. The van der Waals surface area contributed by atoms with Crippen LogP contribution in [0, 0.1) is 0 Å². The van der Waals surface area contributed by atoms with Crippen molar-refractivity contribution >= 4 is 21.6 Å². The number of imidazole rings is 1. The Labute approximate surface area is 125 Å². The number of pyridine rings is 1. The Bertz CT molecular complexity index is 635. The van der Waals surface area contributed by atoms with E-state index in [0.717, 1.165) is 23.3 Å². The van der Waals surface area contributed by atoms with Crippen molar-refractivity contribution in [1.29, 1.82) is 0 Å². The molecule has 0 aromatic carbocycles. The predicted molar refractivity (Wildman–Crippen MR) is 79.0 cm³/mol. The summed E-state index contributed by atoms with van der Waals surface area (Å²) in [5, 5.41) is 0. The number of fused-ring (bicyclic) bond motifs is 1. The predicted octanol–water partition coefficient (Wildman–Crippen LogP) is 3.00. The maximum absolute atomic E-state index is 15.3. The molecule has 0 saturated carbocycles. The van der Waals surface area contributed by atoms with E-state index < -0.39 is 5.67 Å². The van der Waals surface area contributed by atoms with Gasteiger partial charge in [-0.2, -0.15) is 0 Å². The molecule has 0 unspecified atom stereocenters. The average molecular weight is 342 g/mol. The monoisotopic (exact) mass is 341 g/mol. The minimum absolute atomic E-state index is 0.484. The quantitative estimate of drug-likeness (QED) is 0.840. The molecule has 0 bridgehead atoms. The molecule has 3 rings (SSSR count). The van der Waals surface area contributed by atoms with E-state index in [0.29, 0.717) is 24.2 Å². The number of piperidine rings is 1. The molecule has 20 heavy (non-hydrogen) atoms. The van der Waals surface area contributed by atoms with Crippen molar-refractivity contribution in [3.63, 3.8) is 0 Å². The number of likely N-dealkylation sites (tertiary alicyclic amines) is 1. The lowest BCUT2D eigenvalue weighted by Gasteiger charge is -2.35. The van der Waals surface area contributed by atoms with Crippen molar-refractivity contribution in [2.45, 2.75) is 18.5 Å². The second-order valence-corrected chi connectivity index (χ2v) is 6.15. The first-order valence-corrected chi connectivity index (χ1v) is 7.41. The molecule has 0 spiro atoms. The number of methoxy groups -OCH3 is 1. The molecule has 2 aromatic heterocycles. The Kier molecular flexibility index (Phi) is 3.46. The summed E-state index contributed by atoms with van der Waals surface area (Å²) in [7, 11) is 3.60. The SMILES string of the molecule is COc1cc2ncc(Br)n2cc1C1(F)CCN(C)CC1. The Morgan fingerprint density at radius 3 is 2.75 bits per heavy atom. The molecule has 1 saturated heterocycles. The number of aromatic nitrogens is 2. The molecular formula is C14H17BrFN3O. The number of alkyl halides is 1. The summed E-state index contributed by atoms with van der Waals surface area (Å²) in [5.74, 6) is 0.572. The second kappa shape index (κ2) is 5.00. The average Bonchev–Trinajstić information content (AvgIpc) is 2.82. The second-order valence-electron chi connectivity index (χ2n) is 5.33. The van der Waals surface area contributed by atoms with Crippen LogP contribution in [0.4, 0.5) is 4.39 Å². The van der Waals surface area contributed by atoms with Crippen LogP contribution < -0.4 is 4.74 Å². The van der Waals surface area contributed by atoms with Crippen molar-refractivity contribution in [1.82, 2.24) is 14.3 Å². The molecule has 0 radical (unpaired) electrons. The standard InChI is InChI=1S/C14H17BrFN3O/c1-18-5-3-14(16,4-6-18)10-9-19-12(15)8-17-13(19)7-11(10)20-2/h7-9H,3-6H2,1-2H3. The van der Waals surface area contributed by atoms with E-state index in [-0.39, 0.29) is 0 Å². The Morgan fingerprint density at radius 1 is 1.40 bits per heavy atom. The third kappa shape index (κ3) is 2.20. The third-order valence-electron chi connectivity index (χ3n) is 4.05. The van der Waals surface area contributed by atoms with Crippen molar-refractivity contribution in [2.24, 2.45) is 0 Å². The summed E-state index contributed by atoms with van der Waals surface area (Å²) in [6.07, 6.45) is 4.48. The fourth-order valence-electron chi connectivity index (χ4n) is 2.72. The van der Waals surface area contributed by atoms with Crippen LogP contribution in [0.25, 0.3) is 5.65 Å². The smallest absolute Gasteiger partial charge is 0.143 e. The van der Waals surface area contributed by atoms with Crippen molar-refractivity contribution < 1.29 is 9.13 Å². The molecule has 0 amide bonds. The van der Waals surface area contributed by atoms with Gasteiger partial charge < -0.3 is 9.64 Å². The molecule has 6 heteroatoms. The van der Waals surface area contributed by atoms with Crippen molar-refractivity contribution in [3.8, 4) is 5.75 Å². The molecule has 2 aromatic rings. The van der Waals surface area contributed by atoms with Gasteiger partial charge in [0, 0.05) is 30.9 Å². The number of rotatable bonds is 2. The highest BCUT2D eigenvalue weighted by molar-refractivity contribution is 9.10. The summed E-state index contributed by atoms with van der Waals surface area (Å²) in [4.78, 5) is 6.40.